The number of hydrogen-bond acceptors (Lipinski definition) is 4. The third-order valence-corrected chi connectivity index (χ3v) is 5.15. The zero-order chi connectivity index (χ0) is 18.5. The zero-order valence-electron chi connectivity index (χ0n) is 13.9. The monoisotopic (exact) mass is 431 g/mol. The molecule has 7 heteroatoms. The van der Waals surface area contributed by atoms with Gasteiger partial charge < -0.3 is 5.32 Å². The van der Waals surface area contributed by atoms with Gasteiger partial charge in [0.05, 0.1) is 4.47 Å². The van der Waals surface area contributed by atoms with Crippen molar-refractivity contribution >= 4 is 39.3 Å². The first-order valence-electron chi connectivity index (χ1n) is 7.79. The summed E-state index contributed by atoms with van der Waals surface area (Å²) in [6, 6.07) is 13.7. The molecule has 2 aromatic carbocycles. The summed E-state index contributed by atoms with van der Waals surface area (Å²) in [5.41, 5.74) is 3.13. The van der Waals surface area contributed by atoms with Gasteiger partial charge in [0.1, 0.15) is 11.5 Å². The first-order chi connectivity index (χ1) is 12.5. The second kappa shape index (κ2) is 8.42. The lowest BCUT2D eigenvalue weighted by atomic mass is 10.1. The van der Waals surface area contributed by atoms with E-state index in [4.69, 9.17) is 0 Å². The number of carbonyl (C=O) groups excluding carboxylic acids is 1. The molecule has 1 amide bonds. The van der Waals surface area contributed by atoms with Gasteiger partial charge in [-0.25, -0.2) is 14.4 Å². The number of aromatic nitrogens is 2. The number of aryl methyl sites for hydroxylation is 1. The van der Waals surface area contributed by atoms with Crippen LogP contribution in [0.25, 0.3) is 0 Å². The summed E-state index contributed by atoms with van der Waals surface area (Å²) < 4.78 is 13.5. The second-order valence-corrected chi connectivity index (χ2v) is 7.32. The Bertz CT molecular complexity index is 934. The Morgan fingerprint density at radius 1 is 1.19 bits per heavy atom. The Balaban J connectivity index is 1.73. The fourth-order valence-electron chi connectivity index (χ4n) is 2.22. The third-order valence-electron chi connectivity index (χ3n) is 3.66. The van der Waals surface area contributed by atoms with Gasteiger partial charge in [-0.2, -0.15) is 0 Å². The van der Waals surface area contributed by atoms with Gasteiger partial charge in [0.25, 0.3) is 5.91 Å². The molecule has 0 bridgehead atoms. The van der Waals surface area contributed by atoms with E-state index in [1.54, 1.807) is 6.20 Å². The van der Waals surface area contributed by atoms with E-state index >= 15 is 0 Å². The number of halogens is 2. The molecule has 1 N–H and O–H groups in total. The fraction of sp³-hybridized carbons (Fsp3) is 0.105. The molecular weight excluding hydrogens is 417 g/mol. The van der Waals surface area contributed by atoms with E-state index in [-0.39, 0.29) is 17.4 Å². The lowest BCUT2D eigenvalue weighted by Crippen LogP contribution is -2.15. The highest BCUT2D eigenvalue weighted by atomic mass is 79.9. The molecule has 3 rings (SSSR count). The van der Waals surface area contributed by atoms with E-state index in [2.05, 4.69) is 50.3 Å². The van der Waals surface area contributed by atoms with Crippen LogP contribution in [0.3, 0.4) is 0 Å². The number of carbonyl (C=O) groups is 1. The predicted molar refractivity (Wildman–Crippen MR) is 105 cm³/mol. The summed E-state index contributed by atoms with van der Waals surface area (Å²) in [5, 5.41) is 3.22. The number of amides is 1. The molecule has 0 aliphatic heterocycles. The number of nitrogens with zero attached hydrogens (tertiary/aromatic N) is 2. The molecule has 1 heterocycles. The summed E-state index contributed by atoms with van der Waals surface area (Å²) in [5.74, 6) is -0.0300. The normalized spacial score (nSPS) is 10.6. The molecular formula is C19H15BrFN3OS. The highest BCUT2D eigenvalue weighted by molar-refractivity contribution is 9.10. The maximum atomic E-state index is 13.0. The van der Waals surface area contributed by atoms with E-state index in [0.29, 0.717) is 21.1 Å². The Morgan fingerprint density at radius 3 is 2.65 bits per heavy atom. The molecule has 132 valence electrons. The maximum absolute atomic E-state index is 13.0. The second-order valence-electron chi connectivity index (χ2n) is 5.53. The molecule has 0 radical (unpaired) electrons. The number of nitrogens with one attached hydrogen (secondary N) is 1. The highest BCUT2D eigenvalue weighted by Gasteiger charge is 2.15. The Labute approximate surface area is 163 Å². The van der Waals surface area contributed by atoms with Crippen LogP contribution in [0.1, 0.15) is 21.6 Å². The van der Waals surface area contributed by atoms with E-state index < -0.39 is 0 Å². The van der Waals surface area contributed by atoms with Crippen LogP contribution in [-0.4, -0.2) is 15.9 Å². The van der Waals surface area contributed by atoms with Gasteiger partial charge in [-0.05, 0) is 58.2 Å². The van der Waals surface area contributed by atoms with Gasteiger partial charge in [0.2, 0.25) is 0 Å². The van der Waals surface area contributed by atoms with Crippen molar-refractivity contribution in [2.45, 2.75) is 17.8 Å². The van der Waals surface area contributed by atoms with Gasteiger partial charge in [-0.15, -0.1) is 0 Å². The molecule has 26 heavy (non-hydrogen) atoms. The minimum absolute atomic E-state index is 0.233. The lowest BCUT2D eigenvalue weighted by molar-refractivity contribution is 0.102. The summed E-state index contributed by atoms with van der Waals surface area (Å²) in [4.78, 5) is 21.1. The van der Waals surface area contributed by atoms with Crippen molar-refractivity contribution < 1.29 is 9.18 Å². The van der Waals surface area contributed by atoms with Crippen molar-refractivity contribution in [3.05, 3.63) is 81.8 Å². The molecule has 1 aromatic heterocycles. The van der Waals surface area contributed by atoms with Gasteiger partial charge in [-0.1, -0.05) is 36.0 Å². The molecule has 0 aliphatic carbocycles. The number of thioether (sulfide) groups is 1. The Morgan fingerprint density at radius 2 is 1.92 bits per heavy atom. The van der Waals surface area contributed by atoms with Crippen molar-refractivity contribution in [3.8, 4) is 0 Å². The van der Waals surface area contributed by atoms with Crippen molar-refractivity contribution in [3.63, 3.8) is 0 Å². The van der Waals surface area contributed by atoms with Crippen LogP contribution in [0.5, 0.6) is 0 Å². The van der Waals surface area contributed by atoms with Crippen molar-refractivity contribution in [1.29, 1.82) is 0 Å². The number of anilines is 1. The van der Waals surface area contributed by atoms with E-state index in [9.17, 15) is 9.18 Å². The van der Waals surface area contributed by atoms with Gasteiger partial charge >= 0.3 is 0 Å². The van der Waals surface area contributed by atoms with Gasteiger partial charge in [0, 0.05) is 17.6 Å². The smallest absolute Gasteiger partial charge is 0.275 e. The summed E-state index contributed by atoms with van der Waals surface area (Å²) in [6.45, 7) is 2.06. The first kappa shape index (κ1) is 18.5. The Kier molecular flexibility index (Phi) is 6.00. The van der Waals surface area contributed by atoms with E-state index in [1.165, 1.54) is 47.2 Å². The first-order valence-corrected chi connectivity index (χ1v) is 9.57. The molecule has 4 nitrogen and oxygen atoms in total. The van der Waals surface area contributed by atoms with Crippen molar-refractivity contribution in [2.24, 2.45) is 0 Å². The minimum Gasteiger partial charge on any atom is -0.321 e. The molecule has 0 saturated heterocycles. The topological polar surface area (TPSA) is 54.9 Å². The molecule has 3 aromatic rings. The van der Waals surface area contributed by atoms with Gasteiger partial charge in [0.15, 0.2) is 5.16 Å². The molecule has 0 spiro atoms. The van der Waals surface area contributed by atoms with E-state index in [1.807, 2.05) is 12.1 Å². The third kappa shape index (κ3) is 4.68. The van der Waals surface area contributed by atoms with Crippen LogP contribution in [0, 0.1) is 12.7 Å². The molecule has 0 aliphatic rings. The quantitative estimate of drug-likeness (QED) is 0.443. The van der Waals surface area contributed by atoms with Crippen LogP contribution in [0.2, 0.25) is 0 Å². The average Bonchev–Trinajstić information content (AvgIpc) is 2.64. The van der Waals surface area contributed by atoms with Gasteiger partial charge in [-0.3, -0.25) is 4.79 Å². The number of hydrogen-bond donors (Lipinski definition) is 1. The maximum Gasteiger partial charge on any atom is 0.275 e. The van der Waals surface area contributed by atoms with Crippen LogP contribution < -0.4 is 5.32 Å². The van der Waals surface area contributed by atoms with Crippen molar-refractivity contribution in [1.82, 2.24) is 9.97 Å². The molecule has 0 fully saturated rings. The number of rotatable bonds is 5. The average molecular weight is 432 g/mol. The zero-order valence-corrected chi connectivity index (χ0v) is 16.3. The summed E-state index contributed by atoms with van der Waals surface area (Å²) >= 11 is 4.77. The SMILES string of the molecule is Cc1ccccc1CSc1ncc(Br)c(C(=O)Nc2ccc(F)cc2)n1. The van der Waals surface area contributed by atoms with Crippen LogP contribution in [0.4, 0.5) is 10.1 Å². The van der Waals surface area contributed by atoms with Crippen LogP contribution in [-0.2, 0) is 5.75 Å². The van der Waals surface area contributed by atoms with E-state index in [0.717, 1.165) is 0 Å². The minimum atomic E-state index is -0.386. The molecule has 0 atom stereocenters. The molecule has 0 saturated carbocycles. The lowest BCUT2D eigenvalue weighted by Gasteiger charge is -2.08. The standard InChI is InChI=1S/C19H15BrFN3OS/c1-12-4-2-3-5-13(12)11-26-19-22-10-16(20)17(24-19)18(25)23-15-8-6-14(21)7-9-15/h2-10H,11H2,1H3,(H,23,25). The predicted octanol–water partition coefficient (Wildman–Crippen LogP) is 5.23. The Hall–Kier alpha value is -2.25. The van der Waals surface area contributed by atoms with Crippen LogP contribution in [0.15, 0.2) is 64.4 Å². The highest BCUT2D eigenvalue weighted by Crippen LogP contribution is 2.24. The summed E-state index contributed by atoms with van der Waals surface area (Å²) in [6.07, 6.45) is 1.56. The fourth-order valence-corrected chi connectivity index (χ4v) is 3.48. The largest absolute Gasteiger partial charge is 0.321 e. The number of benzene rings is 2. The van der Waals surface area contributed by atoms with Crippen LogP contribution >= 0.6 is 27.7 Å². The summed E-state index contributed by atoms with van der Waals surface area (Å²) in [7, 11) is 0. The molecule has 0 unspecified atom stereocenters. The van der Waals surface area contributed by atoms with Crippen molar-refractivity contribution in [2.75, 3.05) is 5.32 Å².